The Morgan fingerprint density at radius 3 is 3.13 bits per heavy atom. The van der Waals surface area contributed by atoms with Crippen LogP contribution in [0.1, 0.15) is 9.75 Å². The summed E-state index contributed by atoms with van der Waals surface area (Å²) in [5, 5.41) is 8.65. The Morgan fingerprint density at radius 1 is 1.47 bits per heavy atom. The predicted molar refractivity (Wildman–Crippen MR) is 61.8 cm³/mol. The molecule has 0 radical (unpaired) electrons. The van der Waals surface area contributed by atoms with Crippen LogP contribution < -0.4 is 0 Å². The summed E-state index contributed by atoms with van der Waals surface area (Å²) < 4.78 is 2.03. The number of aromatic nitrogens is 2. The third-order valence-electron chi connectivity index (χ3n) is 1.97. The van der Waals surface area contributed by atoms with Gasteiger partial charge in [0, 0.05) is 22.1 Å². The van der Waals surface area contributed by atoms with Gasteiger partial charge in [-0.2, -0.15) is 0 Å². The van der Waals surface area contributed by atoms with Crippen LogP contribution in [0, 0.1) is 0 Å². The molecule has 0 atom stereocenters. The number of aliphatic hydroxyl groups is 1. The van der Waals surface area contributed by atoms with Crippen LogP contribution in [-0.2, 0) is 6.54 Å². The van der Waals surface area contributed by atoms with Crippen molar-refractivity contribution in [1.82, 2.24) is 9.55 Å². The molecule has 0 saturated carbocycles. The molecule has 1 N–H and O–H groups in total. The molecule has 2 heterocycles. The van der Waals surface area contributed by atoms with Gasteiger partial charge in [0.05, 0.1) is 19.5 Å². The molecule has 0 aliphatic rings. The van der Waals surface area contributed by atoms with Crippen LogP contribution in [0.25, 0.3) is 6.08 Å². The van der Waals surface area contributed by atoms with Gasteiger partial charge in [0.15, 0.2) is 0 Å². The van der Waals surface area contributed by atoms with Gasteiger partial charge >= 0.3 is 0 Å². The highest BCUT2D eigenvalue weighted by atomic mass is 32.1. The van der Waals surface area contributed by atoms with Crippen molar-refractivity contribution in [2.24, 2.45) is 0 Å². The lowest BCUT2D eigenvalue weighted by Gasteiger charge is -1.96. The van der Waals surface area contributed by atoms with E-state index in [0.29, 0.717) is 0 Å². The molecule has 15 heavy (non-hydrogen) atoms. The SMILES string of the molecule is OCC=Cc1ccc(Cn2ccnc2)s1. The fourth-order valence-electron chi connectivity index (χ4n) is 1.30. The number of hydrogen-bond donors (Lipinski definition) is 1. The number of nitrogens with zero attached hydrogens (tertiary/aromatic N) is 2. The maximum absolute atomic E-state index is 8.65. The molecule has 0 saturated heterocycles. The minimum atomic E-state index is 0.0920. The van der Waals surface area contributed by atoms with Crippen molar-refractivity contribution < 1.29 is 5.11 Å². The molecule has 3 nitrogen and oxygen atoms in total. The first-order valence-electron chi connectivity index (χ1n) is 4.70. The number of thiophene rings is 1. The maximum atomic E-state index is 8.65. The Balaban J connectivity index is 2.04. The second-order valence-electron chi connectivity index (χ2n) is 3.12. The molecule has 0 aromatic carbocycles. The van der Waals surface area contributed by atoms with Gasteiger partial charge in [-0.1, -0.05) is 6.08 Å². The minimum absolute atomic E-state index is 0.0920. The zero-order chi connectivity index (χ0) is 10.5. The van der Waals surface area contributed by atoms with Crippen molar-refractivity contribution in [2.75, 3.05) is 6.61 Å². The summed E-state index contributed by atoms with van der Waals surface area (Å²) in [6.07, 6.45) is 9.21. The summed E-state index contributed by atoms with van der Waals surface area (Å²) in [6.45, 7) is 0.951. The summed E-state index contributed by atoms with van der Waals surface area (Å²) in [5.74, 6) is 0. The van der Waals surface area contributed by atoms with E-state index in [-0.39, 0.29) is 6.61 Å². The molecule has 0 unspecified atom stereocenters. The van der Waals surface area contributed by atoms with Crippen molar-refractivity contribution in [3.8, 4) is 0 Å². The van der Waals surface area contributed by atoms with E-state index in [2.05, 4.69) is 17.1 Å². The van der Waals surface area contributed by atoms with Crippen molar-refractivity contribution in [1.29, 1.82) is 0 Å². The fourth-order valence-corrected chi connectivity index (χ4v) is 2.25. The first-order valence-corrected chi connectivity index (χ1v) is 5.52. The van der Waals surface area contributed by atoms with Gasteiger partial charge in [-0.3, -0.25) is 0 Å². The molecule has 0 bridgehead atoms. The van der Waals surface area contributed by atoms with Crippen LogP contribution in [0.5, 0.6) is 0 Å². The maximum Gasteiger partial charge on any atom is 0.0949 e. The number of rotatable bonds is 4. The van der Waals surface area contributed by atoms with E-state index in [4.69, 9.17) is 5.11 Å². The van der Waals surface area contributed by atoms with Crippen molar-refractivity contribution in [3.63, 3.8) is 0 Å². The second kappa shape index (κ2) is 4.91. The van der Waals surface area contributed by atoms with Gasteiger partial charge in [-0.05, 0) is 18.2 Å². The molecule has 0 fully saturated rings. The largest absolute Gasteiger partial charge is 0.392 e. The summed E-state index contributed by atoms with van der Waals surface area (Å²) >= 11 is 1.72. The first-order chi connectivity index (χ1) is 7.38. The van der Waals surface area contributed by atoms with Crippen LogP contribution >= 0.6 is 11.3 Å². The monoisotopic (exact) mass is 220 g/mol. The quantitative estimate of drug-likeness (QED) is 0.855. The first kappa shape index (κ1) is 10.1. The molecule has 78 valence electrons. The summed E-state index contributed by atoms with van der Waals surface area (Å²) in [5.41, 5.74) is 0. The Labute approximate surface area is 92.3 Å². The molecule has 2 aromatic heterocycles. The van der Waals surface area contributed by atoms with Crippen molar-refractivity contribution in [2.45, 2.75) is 6.54 Å². The Kier molecular flexibility index (Phi) is 3.32. The van der Waals surface area contributed by atoms with Crippen LogP contribution in [0.3, 0.4) is 0 Å². The molecular weight excluding hydrogens is 208 g/mol. The van der Waals surface area contributed by atoms with E-state index < -0.39 is 0 Å². The van der Waals surface area contributed by atoms with E-state index in [1.165, 1.54) is 9.75 Å². The normalized spacial score (nSPS) is 11.3. The highest BCUT2D eigenvalue weighted by Gasteiger charge is 1.98. The number of aliphatic hydroxyl groups excluding tert-OH is 1. The van der Waals surface area contributed by atoms with Gasteiger partial charge in [-0.15, -0.1) is 11.3 Å². The standard InChI is InChI=1S/C11H12N2OS/c14-7-1-2-10-3-4-11(15-10)8-13-6-5-12-9-13/h1-6,9,14H,7-8H2. The fraction of sp³-hybridized carbons (Fsp3) is 0.182. The number of imidazole rings is 1. The average molecular weight is 220 g/mol. The lowest BCUT2D eigenvalue weighted by Crippen LogP contribution is -1.92. The molecular formula is C11H12N2OS. The predicted octanol–water partition coefficient (Wildman–Crippen LogP) is 2.00. The smallest absolute Gasteiger partial charge is 0.0949 e. The van der Waals surface area contributed by atoms with Gasteiger partial charge in [-0.25, -0.2) is 4.98 Å². The van der Waals surface area contributed by atoms with Gasteiger partial charge in [0.1, 0.15) is 0 Å². The van der Waals surface area contributed by atoms with Crippen LogP contribution in [0.15, 0.2) is 36.9 Å². The number of hydrogen-bond acceptors (Lipinski definition) is 3. The topological polar surface area (TPSA) is 38.0 Å². The van der Waals surface area contributed by atoms with Crippen LogP contribution in [0.4, 0.5) is 0 Å². The Morgan fingerprint density at radius 2 is 2.40 bits per heavy atom. The van der Waals surface area contributed by atoms with E-state index >= 15 is 0 Å². The highest BCUT2D eigenvalue weighted by Crippen LogP contribution is 2.18. The zero-order valence-electron chi connectivity index (χ0n) is 8.21. The second-order valence-corrected chi connectivity index (χ2v) is 4.32. The highest BCUT2D eigenvalue weighted by molar-refractivity contribution is 7.12. The molecule has 4 heteroatoms. The summed E-state index contributed by atoms with van der Waals surface area (Å²) in [6, 6.07) is 4.16. The third kappa shape index (κ3) is 2.78. The zero-order valence-corrected chi connectivity index (χ0v) is 9.02. The Bertz CT molecular complexity index is 431. The van der Waals surface area contributed by atoms with Gasteiger partial charge in [0.2, 0.25) is 0 Å². The molecule has 2 rings (SSSR count). The van der Waals surface area contributed by atoms with E-state index in [9.17, 15) is 0 Å². The van der Waals surface area contributed by atoms with E-state index in [0.717, 1.165) is 6.54 Å². The van der Waals surface area contributed by atoms with Crippen molar-refractivity contribution >= 4 is 17.4 Å². The van der Waals surface area contributed by atoms with Gasteiger partial charge < -0.3 is 9.67 Å². The molecule has 0 spiro atoms. The molecule has 0 aliphatic heterocycles. The minimum Gasteiger partial charge on any atom is -0.392 e. The summed E-state index contributed by atoms with van der Waals surface area (Å²) in [7, 11) is 0. The summed E-state index contributed by atoms with van der Waals surface area (Å²) in [4.78, 5) is 6.44. The molecule has 0 amide bonds. The molecule has 2 aromatic rings. The van der Waals surface area contributed by atoms with E-state index in [1.807, 2.05) is 23.2 Å². The van der Waals surface area contributed by atoms with Crippen molar-refractivity contribution in [3.05, 3.63) is 46.7 Å². The van der Waals surface area contributed by atoms with Crippen LogP contribution in [0.2, 0.25) is 0 Å². The lowest BCUT2D eigenvalue weighted by molar-refractivity contribution is 0.343. The average Bonchev–Trinajstić information content (AvgIpc) is 2.87. The third-order valence-corrected chi connectivity index (χ3v) is 3.00. The molecule has 0 aliphatic carbocycles. The van der Waals surface area contributed by atoms with Gasteiger partial charge in [0.25, 0.3) is 0 Å². The van der Waals surface area contributed by atoms with E-state index in [1.54, 1.807) is 23.6 Å². The van der Waals surface area contributed by atoms with Crippen LogP contribution in [-0.4, -0.2) is 21.3 Å². The Hall–Kier alpha value is -1.39. The lowest BCUT2D eigenvalue weighted by atomic mass is 10.4.